The van der Waals surface area contributed by atoms with Crippen LogP contribution in [0.1, 0.15) is 21.6 Å². The van der Waals surface area contributed by atoms with E-state index in [1.165, 1.54) is 27.2 Å². The van der Waals surface area contributed by atoms with E-state index in [-0.39, 0.29) is 10.6 Å². The average molecular weight is 413 g/mol. The van der Waals surface area contributed by atoms with Gasteiger partial charge >= 0.3 is 0 Å². The van der Waals surface area contributed by atoms with Crippen molar-refractivity contribution in [2.75, 3.05) is 16.2 Å². The van der Waals surface area contributed by atoms with Gasteiger partial charge in [0.05, 0.1) is 5.69 Å². The highest BCUT2D eigenvalue weighted by atomic mass is 32.2. The number of amides is 1. The number of carbonyl (C=O) groups excluding carboxylic acids is 1. The van der Waals surface area contributed by atoms with E-state index in [0.29, 0.717) is 29.9 Å². The van der Waals surface area contributed by atoms with Crippen LogP contribution in [0.2, 0.25) is 0 Å². The molecule has 3 aromatic rings. The van der Waals surface area contributed by atoms with Gasteiger partial charge in [-0.05, 0) is 48.7 Å². The highest BCUT2D eigenvalue weighted by Gasteiger charge is 2.32. The highest BCUT2D eigenvalue weighted by Crippen LogP contribution is 2.33. The zero-order chi connectivity index (χ0) is 20.8. The lowest BCUT2D eigenvalue weighted by atomic mass is 10.2. The smallest absolute Gasteiger partial charge is 0.272 e. The Balaban J connectivity index is 1.62. The molecule has 0 radical (unpaired) electrons. The summed E-state index contributed by atoms with van der Waals surface area (Å²) in [6.07, 6.45) is 2.06. The molecule has 150 valence electrons. The summed E-state index contributed by atoms with van der Waals surface area (Å²) in [4.78, 5) is 12.7. The Morgan fingerprint density at radius 3 is 2.66 bits per heavy atom. The molecule has 0 saturated carbocycles. The van der Waals surface area contributed by atoms with Crippen molar-refractivity contribution in [1.29, 1.82) is 0 Å². The Hall–Kier alpha value is -3.13. The number of fused-ring (bicyclic) bond motifs is 1. The van der Waals surface area contributed by atoms with Crippen LogP contribution >= 0.6 is 0 Å². The summed E-state index contributed by atoms with van der Waals surface area (Å²) in [5.74, 6) is -0.940. The second kappa shape index (κ2) is 7.04. The van der Waals surface area contributed by atoms with Crippen molar-refractivity contribution >= 4 is 27.3 Å². The molecule has 1 aromatic heterocycles. The van der Waals surface area contributed by atoms with Gasteiger partial charge in [0.25, 0.3) is 15.9 Å². The van der Waals surface area contributed by atoms with Gasteiger partial charge in [0.2, 0.25) is 0 Å². The minimum Gasteiger partial charge on any atom is -0.345 e. The van der Waals surface area contributed by atoms with E-state index in [2.05, 4.69) is 5.32 Å². The van der Waals surface area contributed by atoms with Crippen molar-refractivity contribution in [1.82, 2.24) is 4.57 Å². The number of anilines is 2. The maximum absolute atomic E-state index is 13.7. The van der Waals surface area contributed by atoms with Gasteiger partial charge in [-0.1, -0.05) is 24.3 Å². The largest absolute Gasteiger partial charge is 0.345 e. The van der Waals surface area contributed by atoms with Crippen LogP contribution in [0, 0.1) is 12.7 Å². The summed E-state index contributed by atoms with van der Waals surface area (Å²) in [6.45, 7) is 1.99. The predicted molar refractivity (Wildman–Crippen MR) is 109 cm³/mol. The van der Waals surface area contributed by atoms with E-state index in [4.69, 9.17) is 0 Å². The molecule has 0 fully saturated rings. The molecule has 1 aliphatic heterocycles. The van der Waals surface area contributed by atoms with Gasteiger partial charge in [-0.3, -0.25) is 9.10 Å². The molecule has 0 aliphatic carbocycles. The molecule has 4 rings (SSSR count). The van der Waals surface area contributed by atoms with E-state index in [9.17, 15) is 17.6 Å². The van der Waals surface area contributed by atoms with Gasteiger partial charge < -0.3 is 9.88 Å². The molecule has 6 nitrogen and oxygen atoms in total. The number of benzene rings is 2. The summed E-state index contributed by atoms with van der Waals surface area (Å²) in [7, 11) is -2.20. The third-order valence-corrected chi connectivity index (χ3v) is 6.85. The number of sulfonamides is 1. The molecule has 0 bridgehead atoms. The highest BCUT2D eigenvalue weighted by molar-refractivity contribution is 7.92. The standard InChI is InChI=1S/C21H20FN3O3S/c1-14-7-8-16(11-18(14)22)23-21(26)20-12-17(13-24(20)2)29(27,28)25-10-9-15-5-3-4-6-19(15)25/h3-8,11-13H,9-10H2,1-2H3,(H,23,26). The van der Waals surface area contributed by atoms with E-state index in [1.807, 2.05) is 12.1 Å². The molecule has 2 aromatic carbocycles. The molecule has 0 atom stereocenters. The van der Waals surface area contributed by atoms with Crippen molar-refractivity contribution < 1.29 is 17.6 Å². The summed E-state index contributed by atoms with van der Waals surface area (Å²) in [5.41, 5.74) is 2.58. The van der Waals surface area contributed by atoms with Crippen molar-refractivity contribution in [2.24, 2.45) is 7.05 Å². The first-order valence-electron chi connectivity index (χ1n) is 9.12. The van der Waals surface area contributed by atoms with E-state index < -0.39 is 21.7 Å². The van der Waals surface area contributed by atoms with Gasteiger partial charge in [0.1, 0.15) is 16.4 Å². The number of rotatable bonds is 4. The van der Waals surface area contributed by atoms with Gasteiger partial charge in [0, 0.05) is 25.5 Å². The lowest BCUT2D eigenvalue weighted by Crippen LogP contribution is -2.28. The molecule has 29 heavy (non-hydrogen) atoms. The Labute approximate surface area is 168 Å². The lowest BCUT2D eigenvalue weighted by Gasteiger charge is -2.18. The molecule has 0 spiro atoms. The predicted octanol–water partition coefficient (Wildman–Crippen LogP) is 3.48. The molecule has 0 unspecified atom stereocenters. The number of aryl methyl sites for hydroxylation is 2. The van der Waals surface area contributed by atoms with E-state index >= 15 is 0 Å². The van der Waals surface area contributed by atoms with Crippen molar-refractivity contribution in [3.05, 3.63) is 77.4 Å². The first kappa shape index (κ1) is 19.2. The van der Waals surface area contributed by atoms with Gasteiger partial charge in [-0.2, -0.15) is 0 Å². The quantitative estimate of drug-likeness (QED) is 0.712. The molecule has 0 saturated heterocycles. The number of hydrogen-bond donors (Lipinski definition) is 1. The van der Waals surface area contributed by atoms with Crippen LogP contribution < -0.4 is 9.62 Å². The Kier molecular flexibility index (Phi) is 4.66. The van der Waals surface area contributed by atoms with Crippen LogP contribution in [0.4, 0.5) is 15.8 Å². The minimum atomic E-state index is -3.80. The van der Waals surface area contributed by atoms with Crippen LogP contribution in [0.25, 0.3) is 0 Å². The summed E-state index contributed by atoms with van der Waals surface area (Å²) in [5, 5.41) is 2.61. The SMILES string of the molecule is Cc1ccc(NC(=O)c2cc(S(=O)(=O)N3CCc4ccccc43)cn2C)cc1F. The van der Waals surface area contributed by atoms with Crippen LogP contribution in [0.5, 0.6) is 0 Å². The van der Waals surface area contributed by atoms with Crippen molar-refractivity contribution in [3.8, 4) is 0 Å². The molecule has 1 N–H and O–H groups in total. The minimum absolute atomic E-state index is 0.0388. The van der Waals surface area contributed by atoms with Crippen LogP contribution in [-0.4, -0.2) is 25.4 Å². The number of para-hydroxylation sites is 1. The van der Waals surface area contributed by atoms with Crippen molar-refractivity contribution in [3.63, 3.8) is 0 Å². The zero-order valence-electron chi connectivity index (χ0n) is 16.0. The number of nitrogens with zero attached hydrogens (tertiary/aromatic N) is 2. The fourth-order valence-electron chi connectivity index (χ4n) is 3.45. The number of aromatic nitrogens is 1. The fourth-order valence-corrected chi connectivity index (χ4v) is 5.03. The molecular formula is C21H20FN3O3S. The second-order valence-electron chi connectivity index (χ2n) is 7.05. The van der Waals surface area contributed by atoms with Crippen molar-refractivity contribution in [2.45, 2.75) is 18.2 Å². The topological polar surface area (TPSA) is 71.4 Å². The number of carbonyl (C=O) groups is 1. The first-order valence-corrected chi connectivity index (χ1v) is 10.6. The lowest BCUT2D eigenvalue weighted by molar-refractivity contribution is 0.101. The van der Waals surface area contributed by atoms with Crippen LogP contribution in [0.3, 0.4) is 0 Å². The Morgan fingerprint density at radius 2 is 1.90 bits per heavy atom. The average Bonchev–Trinajstić information content (AvgIpc) is 3.29. The summed E-state index contributed by atoms with van der Waals surface area (Å²) >= 11 is 0. The number of halogens is 1. The number of hydrogen-bond acceptors (Lipinski definition) is 3. The van der Waals surface area contributed by atoms with E-state index in [1.54, 1.807) is 38.2 Å². The molecule has 2 heterocycles. The second-order valence-corrected chi connectivity index (χ2v) is 8.91. The summed E-state index contributed by atoms with van der Waals surface area (Å²) in [6, 6.07) is 13.1. The van der Waals surface area contributed by atoms with Gasteiger partial charge in [-0.15, -0.1) is 0 Å². The monoisotopic (exact) mass is 413 g/mol. The maximum atomic E-state index is 13.7. The third kappa shape index (κ3) is 3.40. The summed E-state index contributed by atoms with van der Waals surface area (Å²) < 4.78 is 42.9. The zero-order valence-corrected chi connectivity index (χ0v) is 16.8. The van der Waals surface area contributed by atoms with Gasteiger partial charge in [-0.25, -0.2) is 12.8 Å². The Bertz CT molecular complexity index is 1220. The molecule has 1 amide bonds. The maximum Gasteiger partial charge on any atom is 0.272 e. The van der Waals surface area contributed by atoms with Crippen LogP contribution in [0.15, 0.2) is 59.6 Å². The molecular weight excluding hydrogens is 393 g/mol. The first-order chi connectivity index (χ1) is 13.8. The van der Waals surface area contributed by atoms with Gasteiger partial charge in [0.15, 0.2) is 0 Å². The third-order valence-electron chi connectivity index (χ3n) is 5.07. The normalized spacial score (nSPS) is 13.4. The van der Waals surface area contributed by atoms with E-state index in [0.717, 1.165) is 5.56 Å². The Morgan fingerprint density at radius 1 is 1.14 bits per heavy atom. The molecule has 8 heteroatoms. The molecule has 1 aliphatic rings. The van der Waals surface area contributed by atoms with Crippen LogP contribution in [-0.2, 0) is 23.5 Å². The number of nitrogens with one attached hydrogen (secondary N) is 1. The fraction of sp³-hybridized carbons (Fsp3) is 0.190.